The van der Waals surface area contributed by atoms with Crippen molar-refractivity contribution in [3.8, 4) is 0 Å². The SMILES string of the molecule is I.NC(=NCC1CCC1)NCC1CC(=O)Nc2ccccc21. The van der Waals surface area contributed by atoms with Crippen LogP contribution in [0.2, 0.25) is 0 Å². The van der Waals surface area contributed by atoms with Gasteiger partial charge < -0.3 is 16.4 Å². The van der Waals surface area contributed by atoms with E-state index in [1.807, 2.05) is 18.2 Å². The maximum atomic E-state index is 11.7. The van der Waals surface area contributed by atoms with Crippen LogP contribution < -0.4 is 16.4 Å². The Bertz CT molecular complexity index is 557. The molecule has 2 aliphatic rings. The lowest BCUT2D eigenvalue weighted by molar-refractivity contribution is -0.116. The number of rotatable bonds is 4. The third-order valence-electron chi connectivity index (χ3n) is 4.38. The molecule has 3 rings (SSSR count). The normalized spacial score (nSPS) is 21.2. The summed E-state index contributed by atoms with van der Waals surface area (Å²) in [6.07, 6.45) is 4.35. The van der Waals surface area contributed by atoms with E-state index in [-0.39, 0.29) is 35.8 Å². The minimum Gasteiger partial charge on any atom is -0.370 e. The Labute approximate surface area is 148 Å². The number of guanidine groups is 1. The van der Waals surface area contributed by atoms with Crippen molar-refractivity contribution in [1.82, 2.24) is 5.32 Å². The molecule has 5 nitrogen and oxygen atoms in total. The van der Waals surface area contributed by atoms with Gasteiger partial charge in [0, 0.05) is 31.1 Å². The first-order valence-electron chi connectivity index (χ1n) is 7.65. The molecule has 1 fully saturated rings. The molecule has 1 aliphatic heterocycles. The molecule has 0 radical (unpaired) electrons. The van der Waals surface area contributed by atoms with Crippen molar-refractivity contribution >= 4 is 41.5 Å². The third kappa shape index (κ3) is 4.12. The highest BCUT2D eigenvalue weighted by Crippen LogP contribution is 2.31. The molecule has 0 spiro atoms. The lowest BCUT2D eigenvalue weighted by Gasteiger charge is -2.26. The highest BCUT2D eigenvalue weighted by molar-refractivity contribution is 14.0. The number of nitrogens with one attached hydrogen (secondary N) is 2. The van der Waals surface area contributed by atoms with Crippen LogP contribution in [0.4, 0.5) is 5.69 Å². The molecule has 0 bridgehead atoms. The monoisotopic (exact) mass is 414 g/mol. The van der Waals surface area contributed by atoms with Crippen molar-refractivity contribution in [1.29, 1.82) is 0 Å². The molecule has 1 aromatic carbocycles. The van der Waals surface area contributed by atoms with Crippen molar-refractivity contribution in [3.63, 3.8) is 0 Å². The smallest absolute Gasteiger partial charge is 0.225 e. The average Bonchev–Trinajstić information content (AvgIpc) is 2.43. The number of nitrogens with two attached hydrogens (primary N) is 1. The molecule has 4 N–H and O–H groups in total. The van der Waals surface area contributed by atoms with Gasteiger partial charge in [0.25, 0.3) is 0 Å². The topological polar surface area (TPSA) is 79.5 Å². The molecule has 1 unspecified atom stereocenters. The number of hydrogen-bond donors (Lipinski definition) is 3. The van der Waals surface area contributed by atoms with E-state index < -0.39 is 0 Å². The summed E-state index contributed by atoms with van der Waals surface area (Å²) >= 11 is 0. The number of hydrogen-bond acceptors (Lipinski definition) is 2. The number of aliphatic imine (C=N–C) groups is 1. The fourth-order valence-corrected chi connectivity index (χ4v) is 2.87. The van der Waals surface area contributed by atoms with Gasteiger partial charge in [-0.1, -0.05) is 24.6 Å². The number of nitrogens with zero attached hydrogens (tertiary/aromatic N) is 1. The lowest BCUT2D eigenvalue weighted by atomic mass is 9.86. The van der Waals surface area contributed by atoms with Crippen LogP contribution >= 0.6 is 24.0 Å². The molecule has 1 amide bonds. The van der Waals surface area contributed by atoms with Gasteiger partial charge in [-0.25, -0.2) is 0 Å². The van der Waals surface area contributed by atoms with Crippen LogP contribution in [-0.4, -0.2) is 25.0 Å². The van der Waals surface area contributed by atoms with Crippen molar-refractivity contribution in [3.05, 3.63) is 29.8 Å². The number of carbonyl (C=O) groups excluding carboxylic acids is 1. The predicted molar refractivity (Wildman–Crippen MR) is 99.7 cm³/mol. The highest BCUT2D eigenvalue weighted by Gasteiger charge is 2.24. The van der Waals surface area contributed by atoms with Gasteiger partial charge in [0.2, 0.25) is 5.91 Å². The van der Waals surface area contributed by atoms with Crippen LogP contribution in [0.3, 0.4) is 0 Å². The van der Waals surface area contributed by atoms with E-state index in [1.54, 1.807) is 0 Å². The second-order valence-corrected chi connectivity index (χ2v) is 5.94. The molecular formula is C16H23IN4O. The Morgan fingerprint density at radius 3 is 2.86 bits per heavy atom. The van der Waals surface area contributed by atoms with Gasteiger partial charge in [0.15, 0.2) is 5.96 Å². The maximum absolute atomic E-state index is 11.7. The zero-order chi connectivity index (χ0) is 14.7. The van der Waals surface area contributed by atoms with Crippen LogP contribution in [0.15, 0.2) is 29.3 Å². The van der Waals surface area contributed by atoms with E-state index in [1.165, 1.54) is 19.3 Å². The highest BCUT2D eigenvalue weighted by atomic mass is 127. The molecule has 120 valence electrons. The van der Waals surface area contributed by atoms with Crippen molar-refractivity contribution < 1.29 is 4.79 Å². The van der Waals surface area contributed by atoms with Gasteiger partial charge in [0.1, 0.15) is 0 Å². The number of benzene rings is 1. The van der Waals surface area contributed by atoms with E-state index >= 15 is 0 Å². The summed E-state index contributed by atoms with van der Waals surface area (Å²) in [5.41, 5.74) is 7.98. The molecule has 1 saturated carbocycles. The summed E-state index contributed by atoms with van der Waals surface area (Å²) in [7, 11) is 0. The van der Waals surface area contributed by atoms with Crippen LogP contribution in [-0.2, 0) is 4.79 Å². The Hall–Kier alpha value is -1.31. The molecule has 1 aliphatic carbocycles. The zero-order valence-electron chi connectivity index (χ0n) is 12.5. The number of carbonyl (C=O) groups is 1. The van der Waals surface area contributed by atoms with E-state index in [0.29, 0.717) is 24.8 Å². The standard InChI is InChI=1S/C16H22N4O.HI/c17-16(18-9-11-4-3-5-11)19-10-12-8-15(21)20-14-7-2-1-6-13(12)14;/h1-2,6-7,11-12H,3-5,8-10H2,(H,20,21)(H3,17,18,19);1H. The fourth-order valence-electron chi connectivity index (χ4n) is 2.87. The van der Waals surface area contributed by atoms with E-state index in [0.717, 1.165) is 17.8 Å². The van der Waals surface area contributed by atoms with E-state index in [9.17, 15) is 4.79 Å². The van der Waals surface area contributed by atoms with Crippen LogP contribution in [0.1, 0.15) is 37.2 Å². The molecular weight excluding hydrogens is 391 g/mol. The van der Waals surface area contributed by atoms with E-state index in [4.69, 9.17) is 5.73 Å². The molecule has 22 heavy (non-hydrogen) atoms. The van der Waals surface area contributed by atoms with Gasteiger partial charge in [-0.3, -0.25) is 9.79 Å². The first-order valence-corrected chi connectivity index (χ1v) is 7.65. The Kier molecular flexibility index (Phi) is 6.05. The summed E-state index contributed by atoms with van der Waals surface area (Å²) in [5.74, 6) is 1.41. The first-order chi connectivity index (χ1) is 10.2. The van der Waals surface area contributed by atoms with Gasteiger partial charge in [-0.2, -0.15) is 0 Å². The summed E-state index contributed by atoms with van der Waals surface area (Å²) in [6, 6.07) is 7.93. The average molecular weight is 414 g/mol. The Morgan fingerprint density at radius 2 is 2.14 bits per heavy atom. The summed E-state index contributed by atoms with van der Waals surface area (Å²) in [4.78, 5) is 16.1. The number of fused-ring (bicyclic) bond motifs is 1. The maximum Gasteiger partial charge on any atom is 0.225 e. The largest absolute Gasteiger partial charge is 0.370 e. The van der Waals surface area contributed by atoms with Gasteiger partial charge in [-0.15, -0.1) is 24.0 Å². The van der Waals surface area contributed by atoms with Crippen molar-refractivity contribution in [2.75, 3.05) is 18.4 Å². The zero-order valence-corrected chi connectivity index (χ0v) is 14.9. The van der Waals surface area contributed by atoms with Crippen molar-refractivity contribution in [2.45, 2.75) is 31.6 Å². The third-order valence-corrected chi connectivity index (χ3v) is 4.38. The Morgan fingerprint density at radius 1 is 1.36 bits per heavy atom. The number of halogens is 1. The second-order valence-electron chi connectivity index (χ2n) is 5.94. The van der Waals surface area contributed by atoms with Gasteiger partial charge >= 0.3 is 0 Å². The van der Waals surface area contributed by atoms with Gasteiger partial charge in [-0.05, 0) is 30.4 Å². The molecule has 1 aromatic rings. The minimum atomic E-state index is 0. The quantitative estimate of drug-likeness (QED) is 0.402. The summed E-state index contributed by atoms with van der Waals surface area (Å²) in [5, 5.41) is 6.07. The van der Waals surface area contributed by atoms with Crippen LogP contribution in [0, 0.1) is 5.92 Å². The minimum absolute atomic E-state index is 0. The second kappa shape index (κ2) is 7.80. The summed E-state index contributed by atoms with van der Waals surface area (Å²) < 4.78 is 0. The number of amides is 1. The molecule has 0 saturated heterocycles. The van der Waals surface area contributed by atoms with Crippen LogP contribution in [0.25, 0.3) is 0 Å². The van der Waals surface area contributed by atoms with Gasteiger partial charge in [0.05, 0.1) is 0 Å². The molecule has 0 aromatic heterocycles. The molecule has 6 heteroatoms. The van der Waals surface area contributed by atoms with E-state index in [2.05, 4.69) is 21.7 Å². The predicted octanol–water partition coefficient (Wildman–Crippen LogP) is 2.43. The Balaban J connectivity index is 0.00000176. The molecule has 1 heterocycles. The number of anilines is 1. The first kappa shape index (κ1) is 17.1. The van der Waals surface area contributed by atoms with Crippen molar-refractivity contribution in [2.24, 2.45) is 16.6 Å². The fraction of sp³-hybridized carbons (Fsp3) is 0.500. The lowest BCUT2D eigenvalue weighted by Crippen LogP contribution is -2.37. The summed E-state index contributed by atoms with van der Waals surface area (Å²) in [6.45, 7) is 1.46. The molecule has 1 atom stereocenters. The number of para-hydroxylation sites is 1. The van der Waals surface area contributed by atoms with Crippen LogP contribution in [0.5, 0.6) is 0 Å².